The fourth-order valence-electron chi connectivity index (χ4n) is 2.89. The Morgan fingerprint density at radius 1 is 1.05 bits per heavy atom. The summed E-state index contributed by atoms with van der Waals surface area (Å²) in [6.07, 6.45) is -1.70. The number of rotatable bonds is 2. The van der Waals surface area contributed by atoms with Crippen LogP contribution >= 0.6 is 0 Å². The Kier molecular flexibility index (Phi) is 3.20. The molecule has 0 N–H and O–H groups in total. The lowest BCUT2D eigenvalue weighted by Gasteiger charge is -2.26. The second-order valence-electron chi connectivity index (χ2n) is 6.13. The quantitative estimate of drug-likeness (QED) is 0.437. The zero-order chi connectivity index (χ0) is 14.5. The standard InChI is InChI=1S/C12H19N3O5/c1-11(2)16-5-6(18-11)8-7(14-15-13)9-10(17-8)20-12(3,4)19-9/h6-10H,5H2,1-4H3/t6-,7+,8-,9+,10-/m1/s1. The summed E-state index contributed by atoms with van der Waals surface area (Å²) in [7, 11) is 0. The number of azide groups is 1. The van der Waals surface area contributed by atoms with E-state index in [4.69, 9.17) is 29.2 Å². The predicted octanol–water partition coefficient (Wildman–Crippen LogP) is 1.69. The topological polar surface area (TPSA) is 94.9 Å². The average molecular weight is 285 g/mol. The maximum Gasteiger partial charge on any atom is 0.188 e. The van der Waals surface area contributed by atoms with Crippen LogP contribution < -0.4 is 0 Å². The summed E-state index contributed by atoms with van der Waals surface area (Å²) in [5.74, 6) is -1.40. The smallest absolute Gasteiger partial charge is 0.188 e. The van der Waals surface area contributed by atoms with Gasteiger partial charge in [0.05, 0.1) is 12.6 Å². The average Bonchev–Trinajstić information content (AvgIpc) is 2.91. The highest BCUT2D eigenvalue weighted by molar-refractivity contribution is 5.01. The van der Waals surface area contributed by atoms with E-state index in [0.29, 0.717) is 6.61 Å². The van der Waals surface area contributed by atoms with Crippen LogP contribution in [0.25, 0.3) is 10.4 Å². The van der Waals surface area contributed by atoms with Gasteiger partial charge in [0.1, 0.15) is 18.3 Å². The van der Waals surface area contributed by atoms with E-state index in [1.54, 1.807) is 13.8 Å². The van der Waals surface area contributed by atoms with Crippen molar-refractivity contribution in [2.75, 3.05) is 6.61 Å². The molecule has 3 aliphatic rings. The lowest BCUT2D eigenvalue weighted by molar-refractivity contribution is -0.222. The van der Waals surface area contributed by atoms with Gasteiger partial charge in [-0.2, -0.15) is 0 Å². The first-order chi connectivity index (χ1) is 9.31. The fourth-order valence-corrected chi connectivity index (χ4v) is 2.89. The molecule has 0 saturated carbocycles. The highest BCUT2D eigenvalue weighted by atomic mass is 16.8. The molecule has 5 atom stereocenters. The summed E-state index contributed by atoms with van der Waals surface area (Å²) < 4.78 is 28.6. The van der Waals surface area contributed by atoms with Gasteiger partial charge in [-0.3, -0.25) is 0 Å². The predicted molar refractivity (Wildman–Crippen MR) is 66.5 cm³/mol. The van der Waals surface area contributed by atoms with Gasteiger partial charge in [0.25, 0.3) is 0 Å². The summed E-state index contributed by atoms with van der Waals surface area (Å²) in [5, 5.41) is 3.82. The lowest BCUT2D eigenvalue weighted by Crippen LogP contribution is -2.41. The number of nitrogens with zero attached hydrogens (tertiary/aromatic N) is 3. The van der Waals surface area contributed by atoms with Gasteiger partial charge in [-0.05, 0) is 33.2 Å². The monoisotopic (exact) mass is 285 g/mol. The van der Waals surface area contributed by atoms with Crippen molar-refractivity contribution in [1.82, 2.24) is 0 Å². The summed E-state index contributed by atoms with van der Waals surface area (Å²) in [6, 6.07) is -0.491. The van der Waals surface area contributed by atoms with Gasteiger partial charge in [-0.25, -0.2) is 0 Å². The SMILES string of the molecule is CC1(C)O[C@H]2O[C@H]([C@H]3COC(C)(C)O3)[C@H](N=[N+]=[N-])[C@@H]2O1. The first-order valence-electron chi connectivity index (χ1n) is 6.68. The summed E-state index contributed by atoms with van der Waals surface area (Å²) in [4.78, 5) is 2.90. The van der Waals surface area contributed by atoms with Crippen molar-refractivity contribution in [2.24, 2.45) is 5.11 Å². The molecule has 0 aromatic rings. The van der Waals surface area contributed by atoms with Crippen LogP contribution in [0, 0.1) is 0 Å². The molecule has 3 rings (SSSR count). The minimum Gasteiger partial charge on any atom is -0.348 e. The molecule has 0 aromatic heterocycles. The minimum absolute atomic E-state index is 0.304. The van der Waals surface area contributed by atoms with Crippen molar-refractivity contribution in [2.45, 2.75) is 69.9 Å². The highest BCUT2D eigenvalue weighted by Crippen LogP contribution is 2.41. The van der Waals surface area contributed by atoms with Gasteiger partial charge in [0.15, 0.2) is 17.9 Å². The third kappa shape index (κ3) is 2.39. The molecule has 20 heavy (non-hydrogen) atoms. The molecule has 0 bridgehead atoms. The van der Waals surface area contributed by atoms with Gasteiger partial charge >= 0.3 is 0 Å². The Morgan fingerprint density at radius 2 is 1.80 bits per heavy atom. The van der Waals surface area contributed by atoms with Crippen LogP contribution in [0.4, 0.5) is 0 Å². The largest absolute Gasteiger partial charge is 0.348 e. The van der Waals surface area contributed by atoms with E-state index in [9.17, 15) is 0 Å². The Hall–Kier alpha value is -0.890. The Bertz CT molecular complexity index is 448. The molecule has 0 aromatic carbocycles. The zero-order valence-corrected chi connectivity index (χ0v) is 12.0. The van der Waals surface area contributed by atoms with E-state index >= 15 is 0 Å². The van der Waals surface area contributed by atoms with Crippen LogP contribution in [-0.2, 0) is 23.7 Å². The van der Waals surface area contributed by atoms with Crippen LogP contribution in [0.15, 0.2) is 5.11 Å². The summed E-state index contributed by atoms with van der Waals surface area (Å²) >= 11 is 0. The van der Waals surface area contributed by atoms with Gasteiger partial charge < -0.3 is 23.7 Å². The minimum atomic E-state index is -0.740. The summed E-state index contributed by atoms with van der Waals surface area (Å²) in [6.45, 7) is 7.66. The molecular weight excluding hydrogens is 266 g/mol. The summed E-state index contributed by atoms with van der Waals surface area (Å²) in [5.41, 5.74) is 8.77. The molecule has 0 radical (unpaired) electrons. The van der Waals surface area contributed by atoms with E-state index in [1.807, 2.05) is 13.8 Å². The molecule has 3 saturated heterocycles. The van der Waals surface area contributed by atoms with E-state index in [-0.39, 0.29) is 6.10 Å². The van der Waals surface area contributed by atoms with Crippen molar-refractivity contribution in [3.8, 4) is 0 Å². The Balaban J connectivity index is 1.78. The number of fused-ring (bicyclic) bond motifs is 1. The molecule has 8 nitrogen and oxygen atoms in total. The molecule has 0 spiro atoms. The van der Waals surface area contributed by atoms with Crippen molar-refractivity contribution in [3.05, 3.63) is 10.4 Å². The van der Waals surface area contributed by atoms with Crippen molar-refractivity contribution in [1.29, 1.82) is 0 Å². The maximum absolute atomic E-state index is 8.77. The normalized spacial score (nSPS) is 45.1. The second kappa shape index (κ2) is 4.56. The van der Waals surface area contributed by atoms with Crippen LogP contribution in [0.2, 0.25) is 0 Å². The molecule has 3 aliphatic heterocycles. The van der Waals surface area contributed by atoms with Gasteiger partial charge in [-0.1, -0.05) is 5.11 Å². The number of hydrogen-bond acceptors (Lipinski definition) is 6. The van der Waals surface area contributed by atoms with Crippen LogP contribution in [0.1, 0.15) is 27.7 Å². The third-order valence-corrected chi connectivity index (χ3v) is 3.63. The first kappa shape index (κ1) is 14.1. The molecule has 112 valence electrons. The molecule has 0 unspecified atom stereocenters. The van der Waals surface area contributed by atoms with E-state index in [1.165, 1.54) is 0 Å². The van der Waals surface area contributed by atoms with E-state index in [2.05, 4.69) is 10.0 Å². The maximum atomic E-state index is 8.77. The van der Waals surface area contributed by atoms with Crippen LogP contribution in [-0.4, -0.2) is 48.8 Å². The van der Waals surface area contributed by atoms with Gasteiger partial charge in [0, 0.05) is 4.91 Å². The molecule has 3 heterocycles. The fraction of sp³-hybridized carbons (Fsp3) is 1.00. The second-order valence-corrected chi connectivity index (χ2v) is 6.13. The van der Waals surface area contributed by atoms with Crippen molar-refractivity contribution >= 4 is 0 Å². The molecule has 0 amide bonds. The zero-order valence-electron chi connectivity index (χ0n) is 12.0. The third-order valence-electron chi connectivity index (χ3n) is 3.63. The van der Waals surface area contributed by atoms with Gasteiger partial charge in [-0.15, -0.1) is 0 Å². The Morgan fingerprint density at radius 3 is 2.40 bits per heavy atom. The van der Waals surface area contributed by atoms with E-state index < -0.39 is 36.1 Å². The number of ether oxygens (including phenoxy) is 5. The Labute approximate surface area is 116 Å². The molecule has 0 aliphatic carbocycles. The van der Waals surface area contributed by atoms with Crippen LogP contribution in [0.5, 0.6) is 0 Å². The van der Waals surface area contributed by atoms with Crippen molar-refractivity contribution < 1.29 is 23.7 Å². The van der Waals surface area contributed by atoms with E-state index in [0.717, 1.165) is 0 Å². The van der Waals surface area contributed by atoms with Crippen LogP contribution in [0.3, 0.4) is 0 Å². The number of hydrogen-bond donors (Lipinski definition) is 0. The van der Waals surface area contributed by atoms with Crippen molar-refractivity contribution in [3.63, 3.8) is 0 Å². The highest BCUT2D eigenvalue weighted by Gasteiger charge is 2.57. The molecule has 3 fully saturated rings. The lowest BCUT2D eigenvalue weighted by atomic mass is 10.0. The van der Waals surface area contributed by atoms with Gasteiger partial charge in [0.2, 0.25) is 0 Å². The molecular formula is C12H19N3O5. The molecule has 8 heteroatoms. The first-order valence-corrected chi connectivity index (χ1v) is 6.68.